The predicted octanol–water partition coefficient (Wildman–Crippen LogP) is 9.37. The molecule has 0 unspecified atom stereocenters. The summed E-state index contributed by atoms with van der Waals surface area (Å²) in [7, 11) is 0. The molecular formula is C43H40BrClF12N8O4. The zero-order valence-electron chi connectivity index (χ0n) is 35.4. The Morgan fingerprint density at radius 2 is 1.01 bits per heavy atom. The number of ether oxygens (including phenoxy) is 3. The first-order valence-electron chi connectivity index (χ1n) is 20.0. The van der Waals surface area contributed by atoms with Gasteiger partial charge in [0, 0.05) is 42.0 Å². The van der Waals surface area contributed by atoms with Crippen LogP contribution >= 0.6 is 27.5 Å². The number of nitrogens with two attached hydrogens (primary N) is 4. The summed E-state index contributed by atoms with van der Waals surface area (Å²) in [5, 5.41) is 0.377. The van der Waals surface area contributed by atoms with Gasteiger partial charge in [-0.3, -0.25) is 9.78 Å². The third kappa shape index (κ3) is 13.4. The lowest BCUT2D eigenvalue weighted by Gasteiger charge is -2.36. The number of halogens is 14. The maximum atomic E-state index is 14.0. The van der Waals surface area contributed by atoms with Crippen LogP contribution in [0.15, 0.2) is 111 Å². The lowest BCUT2D eigenvalue weighted by atomic mass is 9.84. The number of rotatable bonds is 9. The molecule has 3 aromatic carbocycles. The predicted molar refractivity (Wildman–Crippen MR) is 233 cm³/mol. The van der Waals surface area contributed by atoms with Gasteiger partial charge in [-0.15, -0.1) is 0 Å². The summed E-state index contributed by atoms with van der Waals surface area (Å²) >= 11 is 8.94. The molecule has 1 aromatic heterocycles. The van der Waals surface area contributed by atoms with E-state index in [1.54, 1.807) is 24.3 Å². The van der Waals surface area contributed by atoms with Crippen molar-refractivity contribution in [2.45, 2.75) is 79.1 Å². The minimum Gasteiger partial charge on any atom is -0.452 e. The van der Waals surface area contributed by atoms with Crippen molar-refractivity contribution in [3.63, 3.8) is 0 Å². The van der Waals surface area contributed by atoms with Gasteiger partial charge in [0.05, 0.1) is 5.02 Å². The van der Waals surface area contributed by atoms with Crippen LogP contribution in [0.2, 0.25) is 5.02 Å². The molecule has 8 N–H and O–H groups in total. The van der Waals surface area contributed by atoms with Crippen LogP contribution in [0.25, 0.3) is 0 Å². The van der Waals surface area contributed by atoms with Gasteiger partial charge in [0.2, 0.25) is 0 Å². The molecule has 0 amide bonds. The van der Waals surface area contributed by atoms with Gasteiger partial charge >= 0.3 is 18.5 Å². The third-order valence-corrected chi connectivity index (χ3v) is 11.4. The first kappa shape index (κ1) is 54.0. The maximum Gasteiger partial charge on any atom is 0.425 e. The van der Waals surface area contributed by atoms with Crippen LogP contribution in [0.1, 0.15) is 52.0 Å². The van der Waals surface area contributed by atoms with Gasteiger partial charge < -0.3 is 37.1 Å². The van der Waals surface area contributed by atoms with Gasteiger partial charge in [-0.1, -0.05) is 76.1 Å². The lowest BCUT2D eigenvalue weighted by Crippen LogP contribution is -2.48. The summed E-state index contributed by atoms with van der Waals surface area (Å²) in [4.78, 5) is 27.7. The van der Waals surface area contributed by atoms with Crippen LogP contribution < -0.4 is 22.9 Å². The SMILES string of the molecule is NC1=N[C@](CF)(c2cccc(Br)c2)C[C@@H](C(F)(F)F)O1.NC1=N[C@](CF)(c2cccc(CC(=O)c3ccc(Cl)cn3)c2)C[C@@H](C(F)(F)F)O1.NC1=N[C@](CF)(c2cccc(N)c2)C[C@@H](C(F)(F)F)O1. The first-order chi connectivity index (χ1) is 32.2. The first-order valence-corrected chi connectivity index (χ1v) is 21.1. The standard InChI is InChI=1S/C19H16ClF4N3O2.C12H11BrF4N2O.C12H13F4N3O/c20-13-4-5-14(26-9-13)15(28)7-11-2-1-3-12(6-11)18(10-21)8-16(19(22,23)24)29-17(25)27-18;13-8-3-1-2-7(4-8)11(6-14)5-9(12(15,16)17)20-10(18)19-11;13-6-11(7-2-1-3-8(17)4-7)5-9(12(14,15)16)20-10(18)19-11/h1-6,9,16H,7-8,10H2,(H2,25,27);1-4,9H,5-6H2,(H2,18,19);1-4,9H,5-6,17H2,(H2,18,19)/t16-,18+;2*9-,11+/m000/s1. The molecule has 0 radical (unpaired) electrons. The number of Topliss-reactive ketones (excluding diaryl/α,β-unsaturated/α-hetero) is 1. The normalized spacial score (nSPS) is 24.8. The smallest absolute Gasteiger partial charge is 0.425 e. The molecule has 6 atom stereocenters. The monoisotopic (exact) mass is 1070 g/mol. The number of amidine groups is 3. The van der Waals surface area contributed by atoms with Crippen LogP contribution in [0.5, 0.6) is 0 Å². The van der Waals surface area contributed by atoms with E-state index >= 15 is 0 Å². The Morgan fingerprint density at radius 1 is 0.609 bits per heavy atom. The van der Waals surface area contributed by atoms with Crippen molar-refractivity contribution >= 4 is 57.1 Å². The number of anilines is 1. The molecule has 7 rings (SSSR count). The molecule has 0 aliphatic carbocycles. The molecule has 0 saturated carbocycles. The van der Waals surface area contributed by atoms with E-state index < -0.39 is 111 Å². The van der Waals surface area contributed by atoms with Crippen molar-refractivity contribution in [2.24, 2.45) is 32.2 Å². The van der Waals surface area contributed by atoms with Crippen LogP contribution in [-0.2, 0) is 37.2 Å². The maximum absolute atomic E-state index is 14.0. The number of aromatic nitrogens is 1. The fourth-order valence-corrected chi connectivity index (χ4v) is 7.82. The number of hydrogen-bond donors (Lipinski definition) is 4. The van der Waals surface area contributed by atoms with E-state index in [2.05, 4.69) is 50.1 Å². The molecule has 4 aromatic rings. The van der Waals surface area contributed by atoms with Crippen molar-refractivity contribution < 1.29 is 71.7 Å². The highest BCUT2D eigenvalue weighted by molar-refractivity contribution is 9.10. The van der Waals surface area contributed by atoms with E-state index in [4.69, 9.17) is 34.5 Å². The summed E-state index contributed by atoms with van der Waals surface area (Å²) in [6.45, 7) is -3.44. The van der Waals surface area contributed by atoms with Gasteiger partial charge in [-0.25, -0.2) is 28.1 Å². The van der Waals surface area contributed by atoms with Crippen LogP contribution in [0, 0.1) is 0 Å². The Bertz CT molecular complexity index is 2440. The molecule has 4 heterocycles. The topological polar surface area (TPSA) is 199 Å². The highest BCUT2D eigenvalue weighted by atomic mass is 79.9. The van der Waals surface area contributed by atoms with E-state index in [0.29, 0.717) is 26.3 Å². The van der Waals surface area contributed by atoms with Gasteiger partial charge in [-0.05, 0) is 58.7 Å². The molecule has 26 heteroatoms. The fourth-order valence-electron chi connectivity index (χ4n) is 7.30. The average Bonchev–Trinajstić information content (AvgIpc) is 3.28. The Hall–Kier alpha value is -5.98. The fraction of sp³-hybridized carbons (Fsp3) is 0.372. The van der Waals surface area contributed by atoms with Crippen molar-refractivity contribution in [1.29, 1.82) is 0 Å². The summed E-state index contributed by atoms with van der Waals surface area (Å²) in [5.41, 5.74) is 18.0. The van der Waals surface area contributed by atoms with E-state index in [1.807, 2.05) is 0 Å². The Kier molecular flexibility index (Phi) is 16.7. The number of nitrogen functional groups attached to an aromatic ring is 1. The summed E-state index contributed by atoms with van der Waals surface area (Å²) in [6, 6.07) is 19.2. The van der Waals surface area contributed by atoms with Crippen molar-refractivity contribution in [3.05, 3.63) is 129 Å². The molecule has 12 nitrogen and oxygen atoms in total. The zero-order chi connectivity index (χ0) is 51.2. The highest BCUT2D eigenvalue weighted by Gasteiger charge is 2.54. The average molecular weight is 1080 g/mol. The van der Waals surface area contributed by atoms with Crippen molar-refractivity contribution in [1.82, 2.24) is 4.98 Å². The van der Waals surface area contributed by atoms with Crippen LogP contribution in [-0.4, -0.2) is 85.7 Å². The van der Waals surface area contributed by atoms with Gasteiger partial charge in [0.15, 0.2) is 24.1 Å². The second-order valence-corrected chi connectivity index (χ2v) is 17.1. The number of benzene rings is 3. The quantitative estimate of drug-likeness (QED) is 0.0717. The molecule has 0 saturated heterocycles. The van der Waals surface area contributed by atoms with Gasteiger partial charge in [-0.2, -0.15) is 39.5 Å². The second-order valence-electron chi connectivity index (χ2n) is 15.7. The number of carbonyl (C=O) groups excluding carboxylic acids is 1. The summed E-state index contributed by atoms with van der Waals surface area (Å²) in [6.07, 6.45) is -21.5. The summed E-state index contributed by atoms with van der Waals surface area (Å²) < 4.78 is 171. The minimum atomic E-state index is -4.73. The minimum absolute atomic E-state index is 0.0801. The van der Waals surface area contributed by atoms with Crippen LogP contribution in [0.4, 0.5) is 58.4 Å². The Morgan fingerprint density at radius 3 is 1.39 bits per heavy atom. The lowest BCUT2D eigenvalue weighted by molar-refractivity contribution is -0.209. The van der Waals surface area contributed by atoms with Gasteiger partial charge in [0.1, 0.15) is 42.3 Å². The number of pyridine rings is 1. The molecular weight excluding hydrogens is 1040 g/mol. The number of ketones is 1. The Labute approximate surface area is 398 Å². The largest absolute Gasteiger partial charge is 0.452 e. The Balaban J connectivity index is 0.000000199. The molecule has 69 heavy (non-hydrogen) atoms. The van der Waals surface area contributed by atoms with Crippen molar-refractivity contribution in [2.75, 3.05) is 25.8 Å². The number of carbonyl (C=O) groups is 1. The molecule has 0 spiro atoms. The number of alkyl halides is 12. The van der Waals surface area contributed by atoms with Crippen molar-refractivity contribution in [3.8, 4) is 0 Å². The molecule has 3 aliphatic rings. The second kappa shape index (κ2) is 21.3. The van der Waals surface area contributed by atoms with E-state index in [-0.39, 0.29) is 29.0 Å². The van der Waals surface area contributed by atoms with Crippen LogP contribution in [0.3, 0.4) is 0 Å². The van der Waals surface area contributed by atoms with E-state index in [1.165, 1.54) is 66.9 Å². The number of aliphatic imine (C=N–C) groups is 3. The molecule has 0 fully saturated rings. The zero-order valence-corrected chi connectivity index (χ0v) is 37.7. The third-order valence-electron chi connectivity index (χ3n) is 10.7. The summed E-state index contributed by atoms with van der Waals surface area (Å²) in [5.74, 6) is -0.323. The number of nitrogens with zero attached hydrogens (tertiary/aromatic N) is 4. The highest BCUT2D eigenvalue weighted by Crippen LogP contribution is 2.44. The molecule has 0 bridgehead atoms. The van der Waals surface area contributed by atoms with Gasteiger partial charge in [0.25, 0.3) is 18.1 Å². The molecule has 374 valence electrons. The van der Waals surface area contributed by atoms with E-state index in [9.17, 15) is 57.5 Å². The number of hydrogen-bond acceptors (Lipinski definition) is 12. The van der Waals surface area contributed by atoms with E-state index in [0.717, 1.165) is 0 Å². The molecule has 3 aliphatic heterocycles.